The molecule has 0 saturated heterocycles. The number of allylic oxidation sites excluding steroid dienone is 1. The summed E-state index contributed by atoms with van der Waals surface area (Å²) in [5.41, 5.74) is 8.86. The second-order valence-corrected chi connectivity index (χ2v) is 9.72. The van der Waals surface area contributed by atoms with Gasteiger partial charge in [-0.05, 0) is 59.4 Å². The summed E-state index contributed by atoms with van der Waals surface area (Å²) in [6.45, 7) is 0. The van der Waals surface area contributed by atoms with Crippen LogP contribution in [0.2, 0.25) is 0 Å². The molecule has 0 saturated carbocycles. The number of benzene rings is 4. The van der Waals surface area contributed by atoms with Crippen molar-refractivity contribution in [1.29, 1.82) is 0 Å². The van der Waals surface area contributed by atoms with E-state index in [1.54, 1.807) is 0 Å². The first-order chi connectivity index (χ1) is 16.3. The third-order valence-corrected chi connectivity index (χ3v) is 7.78. The number of hydrogen-bond acceptors (Lipinski definition) is 2. The molecule has 1 nitrogen and oxygen atoms in total. The highest BCUT2D eigenvalue weighted by Crippen LogP contribution is 2.43. The molecule has 0 unspecified atom stereocenters. The summed E-state index contributed by atoms with van der Waals surface area (Å²) in [7, 11) is 2.18. The first-order valence-electron chi connectivity index (χ1n) is 11.5. The average Bonchev–Trinajstić information content (AvgIpc) is 3.26. The second kappa shape index (κ2) is 8.38. The van der Waals surface area contributed by atoms with Crippen LogP contribution in [0.25, 0.3) is 38.4 Å². The van der Waals surface area contributed by atoms with Crippen LogP contribution in [-0.4, -0.2) is 7.05 Å². The van der Waals surface area contributed by atoms with E-state index in [1.165, 1.54) is 54.2 Å². The summed E-state index contributed by atoms with van der Waals surface area (Å²) in [5, 5.41) is 1.38. The van der Waals surface area contributed by atoms with Crippen LogP contribution in [-0.2, 0) is 6.42 Å². The Hall–Kier alpha value is -3.62. The first kappa shape index (κ1) is 20.0. The molecule has 1 heterocycles. The van der Waals surface area contributed by atoms with Gasteiger partial charge in [0, 0.05) is 33.3 Å². The molecule has 0 aliphatic heterocycles. The van der Waals surface area contributed by atoms with E-state index in [0.717, 1.165) is 12.8 Å². The van der Waals surface area contributed by atoms with Gasteiger partial charge < -0.3 is 4.90 Å². The molecule has 0 spiro atoms. The fourth-order valence-corrected chi connectivity index (χ4v) is 5.98. The third kappa shape index (κ3) is 3.67. The molecule has 0 amide bonds. The minimum Gasteiger partial charge on any atom is -0.344 e. The van der Waals surface area contributed by atoms with Gasteiger partial charge in [-0.1, -0.05) is 84.9 Å². The normalized spacial score (nSPS) is 12.6. The molecule has 33 heavy (non-hydrogen) atoms. The molecule has 0 bridgehead atoms. The standard InChI is InChI=1S/C31H25NS/c1-32(25-18-16-23(17-19-25)22-10-4-2-5-11-22)29-21-31-28(26-14-8-9-15-30(26)33-31)20-27(29)24-12-6-3-7-13-24/h2-8,10-14,16-21H,9,15H2,1H3. The van der Waals surface area contributed by atoms with E-state index in [9.17, 15) is 0 Å². The minimum atomic E-state index is 1.14. The van der Waals surface area contributed by atoms with Crippen molar-refractivity contribution in [2.75, 3.05) is 11.9 Å². The Bertz CT molecular complexity index is 1440. The Morgan fingerprint density at radius 2 is 1.39 bits per heavy atom. The Kier molecular flexibility index (Phi) is 5.09. The van der Waals surface area contributed by atoms with Crippen molar-refractivity contribution in [2.45, 2.75) is 12.8 Å². The van der Waals surface area contributed by atoms with Crippen molar-refractivity contribution < 1.29 is 0 Å². The van der Waals surface area contributed by atoms with Crippen molar-refractivity contribution in [1.82, 2.24) is 0 Å². The topological polar surface area (TPSA) is 3.24 Å². The Labute approximate surface area is 199 Å². The van der Waals surface area contributed by atoms with Crippen molar-refractivity contribution in [2.24, 2.45) is 0 Å². The lowest BCUT2D eigenvalue weighted by molar-refractivity contribution is 1.02. The number of rotatable bonds is 4. The zero-order chi connectivity index (χ0) is 22.2. The van der Waals surface area contributed by atoms with Crippen molar-refractivity contribution in [3.05, 3.63) is 114 Å². The molecular weight excluding hydrogens is 418 g/mol. The number of fused-ring (bicyclic) bond motifs is 3. The molecular formula is C31H25NS. The van der Waals surface area contributed by atoms with Crippen molar-refractivity contribution in [3.8, 4) is 22.3 Å². The highest BCUT2D eigenvalue weighted by molar-refractivity contribution is 7.19. The van der Waals surface area contributed by atoms with E-state index in [4.69, 9.17) is 0 Å². The van der Waals surface area contributed by atoms with E-state index >= 15 is 0 Å². The fourth-order valence-electron chi connectivity index (χ4n) is 4.76. The van der Waals surface area contributed by atoms with Crippen LogP contribution >= 0.6 is 11.3 Å². The molecule has 1 aliphatic rings. The maximum atomic E-state index is 2.40. The van der Waals surface area contributed by atoms with Crippen LogP contribution in [0.15, 0.2) is 103 Å². The van der Waals surface area contributed by atoms with Gasteiger partial charge in [-0.15, -0.1) is 11.3 Å². The van der Waals surface area contributed by atoms with Crippen molar-refractivity contribution in [3.63, 3.8) is 0 Å². The van der Waals surface area contributed by atoms with E-state index in [1.807, 2.05) is 11.3 Å². The Morgan fingerprint density at radius 1 is 0.727 bits per heavy atom. The van der Waals surface area contributed by atoms with Crippen LogP contribution in [0.3, 0.4) is 0 Å². The molecule has 0 atom stereocenters. The number of thiophene rings is 1. The highest BCUT2D eigenvalue weighted by Gasteiger charge is 2.18. The van der Waals surface area contributed by atoms with Gasteiger partial charge in [-0.2, -0.15) is 0 Å². The molecule has 2 heteroatoms. The van der Waals surface area contributed by atoms with E-state index in [2.05, 4.69) is 121 Å². The summed E-state index contributed by atoms with van der Waals surface area (Å²) in [5.74, 6) is 0. The quantitative estimate of drug-likeness (QED) is 0.268. The van der Waals surface area contributed by atoms with Gasteiger partial charge in [-0.25, -0.2) is 0 Å². The van der Waals surface area contributed by atoms with Gasteiger partial charge in [0.1, 0.15) is 0 Å². The van der Waals surface area contributed by atoms with Crippen LogP contribution in [0.1, 0.15) is 16.9 Å². The van der Waals surface area contributed by atoms with E-state index in [-0.39, 0.29) is 0 Å². The summed E-state index contributed by atoms with van der Waals surface area (Å²) in [6.07, 6.45) is 6.92. The van der Waals surface area contributed by atoms with Crippen LogP contribution < -0.4 is 4.90 Å². The minimum absolute atomic E-state index is 1.14. The number of aryl methyl sites for hydroxylation is 1. The largest absolute Gasteiger partial charge is 0.344 e. The number of hydrogen-bond donors (Lipinski definition) is 0. The van der Waals surface area contributed by atoms with Gasteiger partial charge in [0.2, 0.25) is 0 Å². The van der Waals surface area contributed by atoms with Crippen molar-refractivity contribution >= 4 is 38.9 Å². The monoisotopic (exact) mass is 443 g/mol. The lowest BCUT2D eigenvalue weighted by atomic mass is 9.97. The van der Waals surface area contributed by atoms with Gasteiger partial charge in [0.15, 0.2) is 0 Å². The Balaban J connectivity index is 1.47. The summed E-state index contributed by atoms with van der Waals surface area (Å²) < 4.78 is 1.37. The highest BCUT2D eigenvalue weighted by atomic mass is 32.1. The van der Waals surface area contributed by atoms with Crippen LogP contribution in [0.4, 0.5) is 11.4 Å². The zero-order valence-corrected chi connectivity index (χ0v) is 19.5. The molecule has 0 N–H and O–H groups in total. The fraction of sp³-hybridized carbons (Fsp3) is 0.0968. The average molecular weight is 444 g/mol. The Morgan fingerprint density at radius 3 is 2.12 bits per heavy atom. The van der Waals surface area contributed by atoms with Crippen LogP contribution in [0, 0.1) is 0 Å². The summed E-state index contributed by atoms with van der Waals surface area (Å²) >= 11 is 1.95. The summed E-state index contributed by atoms with van der Waals surface area (Å²) in [6, 6.07) is 35.0. The van der Waals surface area contributed by atoms with Gasteiger partial charge in [-0.3, -0.25) is 0 Å². The van der Waals surface area contributed by atoms with E-state index < -0.39 is 0 Å². The molecule has 160 valence electrons. The molecule has 6 rings (SSSR count). The van der Waals surface area contributed by atoms with Crippen LogP contribution in [0.5, 0.6) is 0 Å². The lowest BCUT2D eigenvalue weighted by Gasteiger charge is -2.24. The third-order valence-electron chi connectivity index (χ3n) is 6.55. The zero-order valence-electron chi connectivity index (χ0n) is 18.7. The number of nitrogens with zero attached hydrogens (tertiary/aromatic N) is 1. The molecule has 1 aliphatic carbocycles. The maximum Gasteiger partial charge on any atom is 0.0502 e. The molecule has 4 aromatic carbocycles. The predicted octanol–water partition coefficient (Wildman–Crippen LogP) is 8.96. The van der Waals surface area contributed by atoms with Gasteiger partial charge >= 0.3 is 0 Å². The van der Waals surface area contributed by atoms with Gasteiger partial charge in [0.05, 0.1) is 5.69 Å². The maximum absolute atomic E-state index is 2.40. The van der Waals surface area contributed by atoms with Gasteiger partial charge in [0.25, 0.3) is 0 Å². The molecule has 0 radical (unpaired) electrons. The molecule has 5 aromatic rings. The van der Waals surface area contributed by atoms with E-state index in [0.29, 0.717) is 0 Å². The molecule has 0 fully saturated rings. The molecule has 1 aromatic heterocycles. The predicted molar refractivity (Wildman–Crippen MR) is 145 cm³/mol. The lowest BCUT2D eigenvalue weighted by Crippen LogP contribution is -2.10. The SMILES string of the molecule is CN(c1ccc(-c2ccccc2)cc1)c1cc2sc3c(c2cc1-c1ccccc1)C=CCC3. The number of anilines is 2. The first-order valence-corrected chi connectivity index (χ1v) is 12.3. The summed E-state index contributed by atoms with van der Waals surface area (Å²) in [4.78, 5) is 3.84. The smallest absolute Gasteiger partial charge is 0.0502 e. The second-order valence-electron chi connectivity index (χ2n) is 8.58.